The Kier molecular flexibility index (Phi) is 23.3. The van der Waals surface area contributed by atoms with Crippen molar-refractivity contribution >= 4 is 53.4 Å². The SMILES string of the molecule is COC(COC(=O)NCCC(=O)NCCNC(=O)CCOCCOCCNC(=O)CCN1C(=O)CC(SCC(N)C(=O)O)C1=O)OC(C)CO. The van der Waals surface area contributed by atoms with E-state index in [-0.39, 0.29) is 122 Å². The van der Waals surface area contributed by atoms with Gasteiger partial charge in [-0.3, -0.25) is 33.7 Å². The molecule has 1 fully saturated rings. The highest BCUT2D eigenvalue weighted by molar-refractivity contribution is 8.00. The molecule has 6 amide bonds. The van der Waals surface area contributed by atoms with Gasteiger partial charge in [-0.05, 0) is 6.92 Å². The fourth-order valence-electron chi connectivity index (χ4n) is 3.88. The average Bonchev–Trinajstić information content (AvgIpc) is 3.36. The minimum absolute atomic E-state index is 0.00364. The summed E-state index contributed by atoms with van der Waals surface area (Å²) in [6, 6.07) is -1.14. The number of aliphatic hydroxyl groups excluding tert-OH is 1. The van der Waals surface area contributed by atoms with Gasteiger partial charge in [0, 0.05) is 71.3 Å². The molecule has 1 aliphatic heterocycles. The van der Waals surface area contributed by atoms with E-state index in [0.29, 0.717) is 0 Å². The topological polar surface area (TPSA) is 283 Å². The molecule has 21 heteroatoms. The Balaban J connectivity index is 1.98. The number of methoxy groups -OCH3 is 1. The van der Waals surface area contributed by atoms with Crippen molar-refractivity contribution < 1.29 is 67.5 Å². The molecule has 20 nitrogen and oxygen atoms in total. The van der Waals surface area contributed by atoms with Crippen molar-refractivity contribution in [3.63, 3.8) is 0 Å². The number of aliphatic carboxylic acids is 1. The van der Waals surface area contributed by atoms with Gasteiger partial charge in [0.15, 0.2) is 6.29 Å². The van der Waals surface area contributed by atoms with Gasteiger partial charge in [0.2, 0.25) is 29.5 Å². The molecule has 0 saturated carbocycles. The molecule has 8 N–H and O–H groups in total. The summed E-state index contributed by atoms with van der Waals surface area (Å²) in [7, 11) is 1.37. The Hall–Kier alpha value is -3.60. The summed E-state index contributed by atoms with van der Waals surface area (Å²) in [4.78, 5) is 84.0. The van der Waals surface area contributed by atoms with Crippen LogP contribution in [0.3, 0.4) is 0 Å². The second kappa shape index (κ2) is 26.2. The molecular weight excluding hydrogens is 688 g/mol. The van der Waals surface area contributed by atoms with E-state index >= 15 is 0 Å². The molecule has 0 bridgehead atoms. The first-order chi connectivity index (χ1) is 23.9. The number of hydrogen-bond donors (Lipinski definition) is 7. The summed E-state index contributed by atoms with van der Waals surface area (Å²) in [5, 5.41) is 27.4. The van der Waals surface area contributed by atoms with Gasteiger partial charge < -0.3 is 60.9 Å². The van der Waals surface area contributed by atoms with E-state index in [2.05, 4.69) is 21.3 Å². The molecule has 0 aliphatic carbocycles. The van der Waals surface area contributed by atoms with E-state index < -0.39 is 47.6 Å². The largest absolute Gasteiger partial charge is 0.480 e. The van der Waals surface area contributed by atoms with Gasteiger partial charge in [-0.2, -0.15) is 0 Å². The second-order valence-corrected chi connectivity index (χ2v) is 11.9. The molecule has 50 heavy (non-hydrogen) atoms. The van der Waals surface area contributed by atoms with Crippen LogP contribution in [0.1, 0.15) is 32.6 Å². The van der Waals surface area contributed by atoms with Crippen molar-refractivity contribution in [2.24, 2.45) is 5.73 Å². The number of aliphatic hydroxyl groups is 1. The smallest absolute Gasteiger partial charge is 0.407 e. The normalized spacial score (nSPS) is 16.0. The van der Waals surface area contributed by atoms with E-state index in [4.69, 9.17) is 39.6 Å². The number of hydrogen-bond acceptors (Lipinski definition) is 15. The Morgan fingerprint density at radius 2 is 1.52 bits per heavy atom. The van der Waals surface area contributed by atoms with Crippen molar-refractivity contribution in [3.8, 4) is 0 Å². The third kappa shape index (κ3) is 20.2. The minimum Gasteiger partial charge on any atom is -0.480 e. The van der Waals surface area contributed by atoms with Crippen LogP contribution in [0.2, 0.25) is 0 Å². The molecule has 0 aromatic carbocycles. The van der Waals surface area contributed by atoms with Crippen LogP contribution in [0.15, 0.2) is 0 Å². The number of nitrogens with two attached hydrogens (primary N) is 1. The van der Waals surface area contributed by atoms with Gasteiger partial charge in [-0.25, -0.2) is 4.79 Å². The van der Waals surface area contributed by atoms with Gasteiger partial charge in [-0.15, -0.1) is 11.8 Å². The van der Waals surface area contributed by atoms with E-state index in [1.807, 2.05) is 0 Å². The van der Waals surface area contributed by atoms with E-state index in [0.717, 1.165) is 16.7 Å². The van der Waals surface area contributed by atoms with E-state index in [9.17, 15) is 33.6 Å². The molecule has 0 spiro atoms. The van der Waals surface area contributed by atoms with E-state index in [1.165, 1.54) is 7.11 Å². The highest BCUT2D eigenvalue weighted by Crippen LogP contribution is 2.25. The number of carbonyl (C=O) groups is 7. The quantitative estimate of drug-likeness (QED) is 0.0238. The average molecular weight is 739 g/mol. The first-order valence-corrected chi connectivity index (χ1v) is 17.0. The number of amides is 6. The highest BCUT2D eigenvalue weighted by Gasteiger charge is 2.39. The zero-order valence-electron chi connectivity index (χ0n) is 28.3. The van der Waals surface area contributed by atoms with Crippen molar-refractivity contribution in [1.29, 1.82) is 0 Å². The third-order valence-electron chi connectivity index (χ3n) is 6.62. The number of ether oxygens (including phenoxy) is 5. The van der Waals surface area contributed by atoms with Crippen LogP contribution < -0.4 is 27.0 Å². The molecule has 1 rings (SSSR count). The molecule has 1 aliphatic rings. The molecule has 1 saturated heterocycles. The lowest BCUT2D eigenvalue weighted by Gasteiger charge is -2.19. The lowest BCUT2D eigenvalue weighted by atomic mass is 10.3. The first-order valence-electron chi connectivity index (χ1n) is 16.0. The summed E-state index contributed by atoms with van der Waals surface area (Å²) in [5.74, 6) is -3.07. The molecule has 0 aromatic rings. The Bertz CT molecular complexity index is 1100. The number of likely N-dealkylation sites (tertiary alicyclic amines) is 1. The maximum absolute atomic E-state index is 12.4. The maximum Gasteiger partial charge on any atom is 0.407 e. The van der Waals surface area contributed by atoms with Crippen LogP contribution in [-0.2, 0) is 52.5 Å². The fraction of sp³-hybridized carbons (Fsp3) is 0.759. The second-order valence-electron chi connectivity index (χ2n) is 10.7. The van der Waals surface area contributed by atoms with Crippen LogP contribution >= 0.6 is 11.8 Å². The molecular formula is C29H50N6O14S. The molecule has 286 valence electrons. The number of imide groups is 1. The summed E-state index contributed by atoms with van der Waals surface area (Å²) in [6.07, 6.45) is -2.15. The van der Waals surface area contributed by atoms with Crippen molar-refractivity contribution in [1.82, 2.24) is 26.2 Å². The molecule has 0 aromatic heterocycles. The Labute approximate surface area is 294 Å². The molecule has 0 radical (unpaired) electrons. The number of rotatable bonds is 28. The minimum atomic E-state index is -1.19. The summed E-state index contributed by atoms with van der Waals surface area (Å²) in [6.45, 7) is 2.55. The number of thioether (sulfide) groups is 1. The number of carboxylic acids is 1. The van der Waals surface area contributed by atoms with Crippen LogP contribution in [0, 0.1) is 0 Å². The summed E-state index contributed by atoms with van der Waals surface area (Å²) < 4.78 is 25.9. The zero-order chi connectivity index (χ0) is 37.3. The predicted molar refractivity (Wildman–Crippen MR) is 175 cm³/mol. The Morgan fingerprint density at radius 3 is 2.16 bits per heavy atom. The van der Waals surface area contributed by atoms with Gasteiger partial charge in [-0.1, -0.05) is 0 Å². The van der Waals surface area contributed by atoms with Gasteiger partial charge in [0.05, 0.1) is 44.4 Å². The Morgan fingerprint density at radius 1 is 0.900 bits per heavy atom. The van der Waals surface area contributed by atoms with Crippen molar-refractivity contribution in [3.05, 3.63) is 0 Å². The molecule has 4 unspecified atom stereocenters. The first kappa shape index (κ1) is 44.4. The van der Waals surface area contributed by atoms with Crippen LogP contribution in [-0.4, -0.2) is 166 Å². The van der Waals surface area contributed by atoms with Gasteiger partial charge >= 0.3 is 12.1 Å². The predicted octanol–water partition coefficient (Wildman–Crippen LogP) is -3.09. The number of carbonyl (C=O) groups excluding carboxylic acids is 6. The highest BCUT2D eigenvalue weighted by atomic mass is 32.2. The van der Waals surface area contributed by atoms with Crippen LogP contribution in [0.5, 0.6) is 0 Å². The lowest BCUT2D eigenvalue weighted by Crippen LogP contribution is -2.37. The summed E-state index contributed by atoms with van der Waals surface area (Å²) >= 11 is 1.01. The van der Waals surface area contributed by atoms with Gasteiger partial charge in [0.25, 0.3) is 0 Å². The number of nitrogens with one attached hydrogen (secondary N) is 4. The standard InChI is InChI=1S/C29H50N6O14S/c1-19(16-36)49-26(45-2)17-48-29(44)34-6-3-22(37)31-7-8-32-24(39)5-11-46-13-14-47-12-9-33-23(38)4-10-35-25(40)15-21(27(35)41)50-18-20(30)28(42)43/h19-21,26,36H,3-18,30H2,1-2H3,(H,31,37)(H,32,39)(H,33,38)(H,34,44)(H,42,43). The lowest BCUT2D eigenvalue weighted by molar-refractivity contribution is -0.176. The van der Waals surface area contributed by atoms with Crippen LogP contribution in [0.25, 0.3) is 0 Å². The monoisotopic (exact) mass is 738 g/mol. The van der Waals surface area contributed by atoms with Gasteiger partial charge in [0.1, 0.15) is 12.6 Å². The number of nitrogens with zero attached hydrogens (tertiary/aromatic N) is 1. The maximum atomic E-state index is 12.4. The third-order valence-corrected chi connectivity index (χ3v) is 7.94. The van der Waals surface area contributed by atoms with Crippen LogP contribution in [0.4, 0.5) is 4.79 Å². The molecule has 4 atom stereocenters. The molecule has 1 heterocycles. The van der Waals surface area contributed by atoms with Crippen molar-refractivity contribution in [2.45, 2.75) is 56.3 Å². The number of carboxylic acid groups (broad SMARTS) is 1. The number of alkyl carbamates (subject to hydrolysis) is 1. The van der Waals surface area contributed by atoms with Crippen molar-refractivity contribution in [2.75, 3.05) is 85.2 Å². The van der Waals surface area contributed by atoms with E-state index in [1.54, 1.807) is 6.92 Å². The fourth-order valence-corrected chi connectivity index (χ4v) is 4.99. The summed E-state index contributed by atoms with van der Waals surface area (Å²) in [5.41, 5.74) is 5.44. The zero-order valence-corrected chi connectivity index (χ0v) is 29.2.